The Bertz CT molecular complexity index is 587. The van der Waals surface area contributed by atoms with Gasteiger partial charge in [-0.05, 0) is 31.2 Å². The Morgan fingerprint density at radius 3 is 2.21 bits per heavy atom. The zero-order valence-electron chi connectivity index (χ0n) is 11.0. The van der Waals surface area contributed by atoms with Crippen molar-refractivity contribution >= 4 is 17.4 Å². The van der Waals surface area contributed by atoms with Crippen LogP contribution in [0.5, 0.6) is 0 Å². The fourth-order valence-electron chi connectivity index (χ4n) is 1.92. The summed E-state index contributed by atoms with van der Waals surface area (Å²) in [5.41, 5.74) is 1.72. The van der Waals surface area contributed by atoms with Crippen LogP contribution < -0.4 is 4.90 Å². The Morgan fingerprint density at radius 1 is 1.05 bits per heavy atom. The Labute approximate surface area is 112 Å². The minimum atomic E-state index is -0.138. The average molecular weight is 256 g/mol. The molecule has 0 spiro atoms. The summed E-state index contributed by atoms with van der Waals surface area (Å²) in [6.45, 7) is 3.95. The van der Waals surface area contributed by atoms with Crippen molar-refractivity contribution in [3.8, 4) is 0 Å². The zero-order chi connectivity index (χ0) is 13.8. The molecular formula is C15H16N2O2. The third-order valence-electron chi connectivity index (χ3n) is 2.92. The van der Waals surface area contributed by atoms with E-state index in [-0.39, 0.29) is 11.7 Å². The van der Waals surface area contributed by atoms with Gasteiger partial charge in [-0.2, -0.15) is 0 Å². The summed E-state index contributed by atoms with van der Waals surface area (Å²) in [5.74, 6) is -0.219. The largest absolute Gasteiger partial charge is 0.348 e. The molecule has 2 rings (SSSR count). The number of aromatic nitrogens is 1. The van der Waals surface area contributed by atoms with Crippen LogP contribution >= 0.6 is 0 Å². The first kappa shape index (κ1) is 13.1. The highest BCUT2D eigenvalue weighted by Crippen LogP contribution is 2.16. The number of H-pyrrole nitrogens is 1. The average Bonchev–Trinajstić information content (AvgIpc) is 2.90. The molecule has 0 aliphatic carbocycles. The van der Waals surface area contributed by atoms with Gasteiger partial charge in [-0.15, -0.1) is 0 Å². The smallest absolute Gasteiger partial charge is 0.274 e. The van der Waals surface area contributed by atoms with Crippen LogP contribution in [-0.4, -0.2) is 23.2 Å². The van der Waals surface area contributed by atoms with Crippen LogP contribution in [0.4, 0.5) is 5.69 Å². The quantitative estimate of drug-likeness (QED) is 0.855. The van der Waals surface area contributed by atoms with E-state index in [1.54, 1.807) is 17.0 Å². The molecule has 0 fully saturated rings. The van der Waals surface area contributed by atoms with Gasteiger partial charge >= 0.3 is 0 Å². The number of aromatic amines is 1. The molecular weight excluding hydrogens is 240 g/mol. The van der Waals surface area contributed by atoms with E-state index < -0.39 is 0 Å². The Morgan fingerprint density at radius 2 is 1.68 bits per heavy atom. The second-order valence-corrected chi connectivity index (χ2v) is 4.23. The number of para-hydroxylation sites is 1. The molecule has 4 nitrogen and oxygen atoms in total. The van der Waals surface area contributed by atoms with Crippen molar-refractivity contribution in [2.45, 2.75) is 13.8 Å². The third kappa shape index (κ3) is 2.73. The van der Waals surface area contributed by atoms with E-state index in [1.807, 2.05) is 37.3 Å². The van der Waals surface area contributed by atoms with E-state index in [4.69, 9.17) is 0 Å². The number of hydrogen-bond donors (Lipinski definition) is 1. The summed E-state index contributed by atoms with van der Waals surface area (Å²) >= 11 is 0. The maximum Gasteiger partial charge on any atom is 0.274 e. The molecule has 1 amide bonds. The standard InChI is InChI=1S/C15H16N2O2/c1-3-17(12-7-5-4-6-8-12)15(19)14-10-9-13(16-14)11(2)18/h4-10,16H,3H2,1-2H3. The second-order valence-electron chi connectivity index (χ2n) is 4.23. The molecule has 1 heterocycles. The van der Waals surface area contributed by atoms with Crippen LogP contribution in [0, 0.1) is 0 Å². The van der Waals surface area contributed by atoms with Crippen molar-refractivity contribution in [3.63, 3.8) is 0 Å². The Hall–Kier alpha value is -2.36. The highest BCUT2D eigenvalue weighted by molar-refractivity contribution is 6.06. The van der Waals surface area contributed by atoms with Crippen molar-refractivity contribution in [3.05, 3.63) is 53.9 Å². The number of nitrogens with one attached hydrogen (secondary N) is 1. The van der Waals surface area contributed by atoms with Crippen LogP contribution in [0.15, 0.2) is 42.5 Å². The van der Waals surface area contributed by atoms with Gasteiger partial charge in [0, 0.05) is 19.2 Å². The number of ketones is 1. The maximum atomic E-state index is 12.4. The first-order valence-electron chi connectivity index (χ1n) is 6.20. The number of benzene rings is 1. The summed E-state index contributed by atoms with van der Waals surface area (Å²) in [4.78, 5) is 28.1. The fraction of sp³-hybridized carbons (Fsp3) is 0.200. The van der Waals surface area contributed by atoms with Gasteiger partial charge < -0.3 is 9.88 Å². The van der Waals surface area contributed by atoms with Crippen LogP contribution in [-0.2, 0) is 0 Å². The van der Waals surface area contributed by atoms with Gasteiger partial charge in [0.1, 0.15) is 5.69 Å². The summed E-state index contributed by atoms with van der Waals surface area (Å²) in [5, 5.41) is 0. The molecule has 0 aliphatic heterocycles. The first-order valence-corrected chi connectivity index (χ1v) is 6.20. The van der Waals surface area contributed by atoms with E-state index >= 15 is 0 Å². The van der Waals surface area contributed by atoms with Gasteiger partial charge in [0.25, 0.3) is 5.91 Å². The van der Waals surface area contributed by atoms with E-state index in [9.17, 15) is 9.59 Å². The van der Waals surface area contributed by atoms with Crippen LogP contribution in [0.3, 0.4) is 0 Å². The van der Waals surface area contributed by atoms with Crippen molar-refractivity contribution in [1.82, 2.24) is 4.98 Å². The van der Waals surface area contributed by atoms with Crippen molar-refractivity contribution in [2.24, 2.45) is 0 Å². The monoisotopic (exact) mass is 256 g/mol. The first-order chi connectivity index (χ1) is 9.13. The van der Waals surface area contributed by atoms with Crippen molar-refractivity contribution < 1.29 is 9.59 Å². The summed E-state index contributed by atoms with van der Waals surface area (Å²) in [6, 6.07) is 12.7. The lowest BCUT2D eigenvalue weighted by Gasteiger charge is -2.20. The number of Topliss-reactive ketones (excluding diaryl/α,β-unsaturated/α-hetero) is 1. The number of hydrogen-bond acceptors (Lipinski definition) is 2. The van der Waals surface area contributed by atoms with Gasteiger partial charge in [0.15, 0.2) is 5.78 Å². The second kappa shape index (κ2) is 5.52. The molecule has 1 N–H and O–H groups in total. The minimum Gasteiger partial charge on any atom is -0.348 e. The Balaban J connectivity index is 2.28. The summed E-state index contributed by atoms with van der Waals surface area (Å²) < 4.78 is 0. The molecule has 0 aliphatic rings. The van der Waals surface area contributed by atoms with E-state index in [0.29, 0.717) is 17.9 Å². The molecule has 4 heteroatoms. The lowest BCUT2D eigenvalue weighted by Crippen LogP contribution is -2.30. The van der Waals surface area contributed by atoms with Crippen molar-refractivity contribution in [1.29, 1.82) is 0 Å². The Kier molecular flexibility index (Phi) is 3.80. The molecule has 0 atom stereocenters. The molecule has 0 radical (unpaired) electrons. The number of carbonyl (C=O) groups excluding carboxylic acids is 2. The fourth-order valence-corrected chi connectivity index (χ4v) is 1.92. The van der Waals surface area contributed by atoms with E-state index in [2.05, 4.69) is 4.98 Å². The van der Waals surface area contributed by atoms with Crippen LogP contribution in [0.1, 0.15) is 34.8 Å². The number of rotatable bonds is 4. The summed E-state index contributed by atoms with van der Waals surface area (Å²) in [7, 11) is 0. The summed E-state index contributed by atoms with van der Waals surface area (Å²) in [6.07, 6.45) is 0. The molecule has 1 aromatic carbocycles. The molecule has 98 valence electrons. The normalized spacial score (nSPS) is 10.2. The predicted molar refractivity (Wildman–Crippen MR) is 74.6 cm³/mol. The zero-order valence-corrected chi connectivity index (χ0v) is 11.0. The van der Waals surface area contributed by atoms with Gasteiger partial charge in [-0.1, -0.05) is 18.2 Å². The molecule has 19 heavy (non-hydrogen) atoms. The highest BCUT2D eigenvalue weighted by Gasteiger charge is 2.18. The topological polar surface area (TPSA) is 53.2 Å². The molecule has 0 bridgehead atoms. The van der Waals surface area contributed by atoms with Crippen molar-refractivity contribution in [2.75, 3.05) is 11.4 Å². The van der Waals surface area contributed by atoms with Gasteiger partial charge in [-0.25, -0.2) is 0 Å². The molecule has 0 saturated carbocycles. The lowest BCUT2D eigenvalue weighted by atomic mass is 10.2. The van der Waals surface area contributed by atoms with Crippen LogP contribution in [0.25, 0.3) is 0 Å². The minimum absolute atomic E-state index is 0.0817. The maximum absolute atomic E-state index is 12.4. The third-order valence-corrected chi connectivity index (χ3v) is 2.92. The number of anilines is 1. The highest BCUT2D eigenvalue weighted by atomic mass is 16.2. The molecule has 2 aromatic rings. The lowest BCUT2D eigenvalue weighted by molar-refractivity contribution is 0.0984. The van der Waals surface area contributed by atoms with E-state index in [0.717, 1.165) is 5.69 Å². The van der Waals surface area contributed by atoms with Gasteiger partial charge in [-0.3, -0.25) is 9.59 Å². The number of carbonyl (C=O) groups is 2. The van der Waals surface area contributed by atoms with Gasteiger partial charge in [0.05, 0.1) is 5.69 Å². The number of amides is 1. The molecule has 0 saturated heterocycles. The SMILES string of the molecule is CCN(C(=O)c1ccc(C(C)=O)[nH]1)c1ccccc1. The number of nitrogens with zero attached hydrogens (tertiary/aromatic N) is 1. The molecule has 1 aromatic heterocycles. The predicted octanol–water partition coefficient (Wildman–Crippen LogP) is 2.88. The van der Waals surface area contributed by atoms with E-state index in [1.165, 1.54) is 6.92 Å². The molecule has 0 unspecified atom stereocenters. The van der Waals surface area contributed by atoms with Gasteiger partial charge in [0.2, 0.25) is 0 Å². The van der Waals surface area contributed by atoms with Crippen LogP contribution in [0.2, 0.25) is 0 Å².